The average molecular weight is 181 g/mol. The number of ether oxygens (including phenoxy) is 1. The standard InChI is InChI=1S/C5H3ClF2N2O/c6-4-2-1-3(9-10(2)4)11-5(7)8/h1,5,9H. The Bertz CT molecular complexity index is 263. The Hall–Kier alpha value is -0.970. The lowest BCUT2D eigenvalue weighted by atomic mass is 10.6. The van der Waals surface area contributed by atoms with Gasteiger partial charge in [0.1, 0.15) is 5.70 Å². The number of fused-ring (bicyclic) bond motifs is 1. The second-order valence-corrected chi connectivity index (χ2v) is 2.37. The van der Waals surface area contributed by atoms with E-state index in [4.69, 9.17) is 11.6 Å². The first-order valence-electron chi connectivity index (χ1n) is 2.81. The topological polar surface area (TPSA) is 24.3 Å². The van der Waals surface area contributed by atoms with Gasteiger partial charge in [-0.15, -0.1) is 0 Å². The van der Waals surface area contributed by atoms with Crippen LogP contribution in [0.15, 0.2) is 22.8 Å². The number of nitrogens with zero attached hydrogens (tertiary/aromatic N) is 1. The number of hydrazine groups is 1. The molecule has 2 rings (SSSR count). The number of hydrogen-bond acceptors (Lipinski definition) is 3. The van der Waals surface area contributed by atoms with E-state index in [9.17, 15) is 8.78 Å². The third-order valence-corrected chi connectivity index (χ3v) is 1.67. The summed E-state index contributed by atoms with van der Waals surface area (Å²) in [5.74, 6) is 0.0272. The highest BCUT2D eigenvalue weighted by Crippen LogP contribution is 2.39. The minimum atomic E-state index is -2.80. The molecule has 60 valence electrons. The van der Waals surface area contributed by atoms with E-state index in [1.54, 1.807) is 0 Å². The van der Waals surface area contributed by atoms with Crippen molar-refractivity contribution < 1.29 is 13.5 Å². The highest BCUT2D eigenvalue weighted by molar-refractivity contribution is 6.32. The molecular weight excluding hydrogens is 178 g/mol. The molecule has 0 saturated heterocycles. The maximum Gasteiger partial charge on any atom is 0.388 e. The lowest BCUT2D eigenvalue weighted by Gasteiger charge is -2.07. The molecular formula is C5H3ClF2N2O. The van der Waals surface area contributed by atoms with Gasteiger partial charge >= 0.3 is 6.61 Å². The van der Waals surface area contributed by atoms with Gasteiger partial charge in [0, 0.05) is 6.08 Å². The van der Waals surface area contributed by atoms with Crippen molar-refractivity contribution in [1.29, 1.82) is 0 Å². The Morgan fingerprint density at radius 2 is 2.36 bits per heavy atom. The first-order valence-corrected chi connectivity index (χ1v) is 3.19. The minimum Gasteiger partial charge on any atom is -0.417 e. The van der Waals surface area contributed by atoms with Crippen molar-refractivity contribution in [2.45, 2.75) is 6.61 Å². The van der Waals surface area contributed by atoms with Crippen LogP contribution in [-0.2, 0) is 4.74 Å². The first-order chi connectivity index (χ1) is 5.18. The molecule has 0 aromatic carbocycles. The molecule has 0 amide bonds. The van der Waals surface area contributed by atoms with E-state index in [0.717, 1.165) is 0 Å². The largest absolute Gasteiger partial charge is 0.417 e. The third kappa shape index (κ3) is 1.01. The van der Waals surface area contributed by atoms with Crippen LogP contribution < -0.4 is 5.43 Å². The van der Waals surface area contributed by atoms with Crippen molar-refractivity contribution in [2.75, 3.05) is 0 Å². The van der Waals surface area contributed by atoms with Crippen LogP contribution in [0.1, 0.15) is 0 Å². The van der Waals surface area contributed by atoms with Gasteiger partial charge in [-0.25, -0.2) is 5.01 Å². The number of hydrogen-bond donors (Lipinski definition) is 1. The van der Waals surface area contributed by atoms with Crippen LogP contribution in [0.2, 0.25) is 0 Å². The van der Waals surface area contributed by atoms with E-state index in [1.165, 1.54) is 11.1 Å². The normalized spacial score (nSPS) is 20.0. The second-order valence-electron chi connectivity index (χ2n) is 2.01. The summed E-state index contributed by atoms with van der Waals surface area (Å²) in [6, 6.07) is 0. The maximum absolute atomic E-state index is 11.6. The second kappa shape index (κ2) is 2.01. The van der Waals surface area contributed by atoms with Crippen molar-refractivity contribution in [3.8, 4) is 0 Å². The monoisotopic (exact) mass is 180 g/mol. The first kappa shape index (κ1) is 6.72. The maximum atomic E-state index is 11.6. The molecule has 2 heterocycles. The van der Waals surface area contributed by atoms with Crippen molar-refractivity contribution in [1.82, 2.24) is 10.4 Å². The predicted molar refractivity (Wildman–Crippen MR) is 33.0 cm³/mol. The van der Waals surface area contributed by atoms with Crippen LogP contribution in [0.4, 0.5) is 8.78 Å². The summed E-state index contributed by atoms with van der Waals surface area (Å²) in [5, 5.41) is 1.96. The molecule has 0 aromatic rings. The van der Waals surface area contributed by atoms with Crippen molar-refractivity contribution in [2.24, 2.45) is 0 Å². The molecule has 6 heteroatoms. The highest BCUT2D eigenvalue weighted by Gasteiger charge is 2.37. The summed E-state index contributed by atoms with van der Waals surface area (Å²) in [7, 11) is 0. The van der Waals surface area contributed by atoms with E-state index in [2.05, 4.69) is 10.2 Å². The number of nitrogens with one attached hydrogen (secondary N) is 1. The summed E-state index contributed by atoms with van der Waals surface area (Å²) in [6.07, 6.45) is 1.41. The van der Waals surface area contributed by atoms with Crippen molar-refractivity contribution in [3.63, 3.8) is 0 Å². The molecule has 0 unspecified atom stereocenters. The molecule has 0 fully saturated rings. The van der Waals surface area contributed by atoms with Gasteiger partial charge in [-0.05, 0) is 0 Å². The zero-order valence-electron chi connectivity index (χ0n) is 5.14. The Morgan fingerprint density at radius 3 is 2.82 bits per heavy atom. The molecule has 0 spiro atoms. The quantitative estimate of drug-likeness (QED) is 0.649. The summed E-state index contributed by atoms with van der Waals surface area (Å²) in [5.41, 5.74) is 3.18. The summed E-state index contributed by atoms with van der Waals surface area (Å²) in [6.45, 7) is -2.80. The van der Waals surface area contributed by atoms with E-state index < -0.39 is 6.61 Å². The highest BCUT2D eigenvalue weighted by atomic mass is 35.5. The lowest BCUT2D eigenvalue weighted by Crippen LogP contribution is -2.20. The number of allylic oxidation sites excluding steroid dienone is 1. The molecule has 11 heavy (non-hydrogen) atoms. The van der Waals surface area contributed by atoms with Crippen LogP contribution >= 0.6 is 11.6 Å². The zero-order valence-corrected chi connectivity index (χ0v) is 5.90. The SMILES string of the molecule is FC(F)OC1=CC2=C(Cl)N2N1. The predicted octanol–water partition coefficient (Wildman–Crippen LogP) is 1.31. The van der Waals surface area contributed by atoms with Gasteiger partial charge < -0.3 is 4.74 Å². The van der Waals surface area contributed by atoms with E-state index >= 15 is 0 Å². The third-order valence-electron chi connectivity index (χ3n) is 1.30. The van der Waals surface area contributed by atoms with Gasteiger partial charge in [-0.3, -0.25) is 5.43 Å². The Morgan fingerprint density at radius 1 is 1.64 bits per heavy atom. The number of alkyl halides is 2. The van der Waals surface area contributed by atoms with Gasteiger partial charge in [-0.2, -0.15) is 8.78 Å². The van der Waals surface area contributed by atoms with Crippen molar-refractivity contribution in [3.05, 3.63) is 22.8 Å². The van der Waals surface area contributed by atoms with Gasteiger partial charge in [0.15, 0.2) is 5.16 Å². The Kier molecular flexibility index (Phi) is 1.23. The molecule has 2 aliphatic rings. The fourth-order valence-electron chi connectivity index (χ4n) is 0.813. The van der Waals surface area contributed by atoms with Crippen LogP contribution in [0.3, 0.4) is 0 Å². The molecule has 2 aliphatic heterocycles. The summed E-state index contributed by atoms with van der Waals surface area (Å²) in [4.78, 5) is 0. The zero-order chi connectivity index (χ0) is 8.01. The smallest absolute Gasteiger partial charge is 0.388 e. The molecule has 1 N–H and O–H groups in total. The van der Waals surface area contributed by atoms with Crippen LogP contribution in [-0.4, -0.2) is 11.6 Å². The van der Waals surface area contributed by atoms with Gasteiger partial charge in [0.05, 0.1) is 0 Å². The minimum absolute atomic E-state index is 0.0272. The molecule has 0 radical (unpaired) electrons. The number of halogens is 3. The Labute approximate surface area is 65.8 Å². The fraction of sp³-hybridized carbons (Fsp3) is 0.200. The molecule has 0 saturated carbocycles. The lowest BCUT2D eigenvalue weighted by molar-refractivity contribution is -0.103. The van der Waals surface area contributed by atoms with Gasteiger partial charge in [0.2, 0.25) is 5.88 Å². The van der Waals surface area contributed by atoms with Crippen LogP contribution in [0.25, 0.3) is 0 Å². The Balaban J connectivity index is 1.99. The molecule has 0 aromatic heterocycles. The molecule has 3 nitrogen and oxygen atoms in total. The van der Waals surface area contributed by atoms with Crippen LogP contribution in [0, 0.1) is 0 Å². The summed E-state index contributed by atoms with van der Waals surface area (Å²) >= 11 is 5.51. The summed E-state index contributed by atoms with van der Waals surface area (Å²) < 4.78 is 27.2. The van der Waals surface area contributed by atoms with E-state index in [-0.39, 0.29) is 5.88 Å². The fourth-order valence-corrected chi connectivity index (χ4v) is 1.04. The van der Waals surface area contributed by atoms with E-state index in [1.807, 2.05) is 0 Å². The number of rotatable bonds is 2. The molecule has 0 aliphatic carbocycles. The van der Waals surface area contributed by atoms with E-state index in [0.29, 0.717) is 10.9 Å². The molecule has 0 bridgehead atoms. The van der Waals surface area contributed by atoms with Gasteiger partial charge in [0.25, 0.3) is 0 Å². The van der Waals surface area contributed by atoms with Crippen LogP contribution in [0.5, 0.6) is 0 Å². The molecule has 0 atom stereocenters. The van der Waals surface area contributed by atoms with Gasteiger partial charge in [-0.1, -0.05) is 11.6 Å². The van der Waals surface area contributed by atoms with Crippen molar-refractivity contribution >= 4 is 11.6 Å². The average Bonchev–Trinajstić information content (AvgIpc) is 2.44.